The fourth-order valence-electron chi connectivity index (χ4n) is 2.25. The summed E-state index contributed by atoms with van der Waals surface area (Å²) in [5, 5.41) is 0. The molecule has 0 amide bonds. The van der Waals surface area contributed by atoms with Crippen LogP contribution in [0.3, 0.4) is 0 Å². The van der Waals surface area contributed by atoms with E-state index in [2.05, 4.69) is 9.80 Å². The van der Waals surface area contributed by atoms with Gasteiger partial charge in [-0.3, -0.25) is 9.59 Å². The van der Waals surface area contributed by atoms with Crippen LogP contribution in [-0.2, 0) is 9.59 Å². The van der Waals surface area contributed by atoms with Crippen LogP contribution in [0.5, 0.6) is 0 Å². The van der Waals surface area contributed by atoms with E-state index in [1.54, 1.807) is 0 Å². The van der Waals surface area contributed by atoms with Crippen LogP contribution in [0.15, 0.2) is 0 Å². The number of hydrogen-bond donors (Lipinski definition) is 0. The van der Waals surface area contributed by atoms with Crippen molar-refractivity contribution in [1.82, 2.24) is 9.80 Å². The zero-order chi connectivity index (χ0) is 14.3. The Labute approximate surface area is 117 Å². The smallest absolute Gasteiger partial charge is 0.136 e. The summed E-state index contributed by atoms with van der Waals surface area (Å²) >= 11 is 0. The van der Waals surface area contributed by atoms with Crippen molar-refractivity contribution >= 4 is 11.6 Å². The molecule has 1 saturated heterocycles. The lowest BCUT2D eigenvalue weighted by Crippen LogP contribution is -2.47. The highest BCUT2D eigenvalue weighted by Crippen LogP contribution is 2.06. The molecule has 1 aliphatic rings. The Balaban J connectivity index is 2.15. The second-order valence-electron chi connectivity index (χ2n) is 5.70. The second kappa shape index (κ2) is 8.43. The Hall–Kier alpha value is -0.740. The maximum absolute atomic E-state index is 11.6. The zero-order valence-corrected chi connectivity index (χ0v) is 12.7. The first-order chi connectivity index (χ1) is 9.02. The molecule has 0 bridgehead atoms. The molecule has 0 aliphatic carbocycles. The number of carbonyl (C=O) groups excluding carboxylic acids is 2. The van der Waals surface area contributed by atoms with Gasteiger partial charge in [0, 0.05) is 64.4 Å². The molecule has 4 nitrogen and oxygen atoms in total. The average Bonchev–Trinajstić information content (AvgIpc) is 2.42. The first kappa shape index (κ1) is 16.3. The topological polar surface area (TPSA) is 40.6 Å². The molecule has 0 N–H and O–H groups in total. The average molecular weight is 268 g/mol. The van der Waals surface area contributed by atoms with Gasteiger partial charge in [-0.1, -0.05) is 20.8 Å². The molecule has 19 heavy (non-hydrogen) atoms. The fourth-order valence-corrected chi connectivity index (χ4v) is 2.25. The summed E-state index contributed by atoms with van der Waals surface area (Å²) < 4.78 is 0. The Morgan fingerprint density at radius 3 is 1.84 bits per heavy atom. The molecular formula is C15H28N2O2. The van der Waals surface area contributed by atoms with Crippen molar-refractivity contribution < 1.29 is 9.59 Å². The van der Waals surface area contributed by atoms with Crippen molar-refractivity contribution in [3.63, 3.8) is 0 Å². The van der Waals surface area contributed by atoms with Crippen LogP contribution in [-0.4, -0.2) is 60.6 Å². The molecule has 1 fully saturated rings. The Kier molecular flexibility index (Phi) is 7.24. The third-order valence-corrected chi connectivity index (χ3v) is 3.88. The van der Waals surface area contributed by atoms with Crippen LogP contribution in [0.2, 0.25) is 0 Å². The molecule has 0 saturated carbocycles. The maximum atomic E-state index is 11.6. The third kappa shape index (κ3) is 6.30. The SMILES string of the molecule is CCC(=O)CCN1CCN(CCC(=O)C(C)C)CC1. The lowest BCUT2D eigenvalue weighted by atomic mass is 10.1. The van der Waals surface area contributed by atoms with Gasteiger partial charge in [-0.15, -0.1) is 0 Å². The van der Waals surface area contributed by atoms with E-state index in [0.717, 1.165) is 39.3 Å². The minimum absolute atomic E-state index is 0.154. The Morgan fingerprint density at radius 1 is 0.947 bits per heavy atom. The predicted octanol–water partition coefficient (Wildman–Crippen LogP) is 1.59. The van der Waals surface area contributed by atoms with E-state index in [4.69, 9.17) is 0 Å². The summed E-state index contributed by atoms with van der Waals surface area (Å²) in [5.74, 6) is 0.863. The van der Waals surface area contributed by atoms with E-state index in [1.165, 1.54) is 0 Å². The quantitative estimate of drug-likeness (QED) is 0.670. The molecule has 0 aromatic rings. The van der Waals surface area contributed by atoms with Crippen LogP contribution in [0.25, 0.3) is 0 Å². The van der Waals surface area contributed by atoms with Crippen LogP contribution in [0.4, 0.5) is 0 Å². The highest BCUT2D eigenvalue weighted by atomic mass is 16.1. The van der Waals surface area contributed by atoms with Crippen molar-refractivity contribution in [1.29, 1.82) is 0 Å². The summed E-state index contributed by atoms with van der Waals surface area (Å²) in [4.78, 5) is 27.6. The highest BCUT2D eigenvalue weighted by molar-refractivity contribution is 5.80. The third-order valence-electron chi connectivity index (χ3n) is 3.88. The molecule has 4 heteroatoms. The van der Waals surface area contributed by atoms with Crippen LogP contribution >= 0.6 is 0 Å². The maximum Gasteiger partial charge on any atom is 0.136 e. The second-order valence-corrected chi connectivity index (χ2v) is 5.70. The molecular weight excluding hydrogens is 240 g/mol. The summed E-state index contributed by atoms with van der Waals surface area (Å²) in [6.45, 7) is 11.7. The predicted molar refractivity (Wildman–Crippen MR) is 77.3 cm³/mol. The number of rotatable bonds is 8. The minimum atomic E-state index is 0.154. The molecule has 0 spiro atoms. The van der Waals surface area contributed by atoms with Gasteiger partial charge in [-0.25, -0.2) is 0 Å². The largest absolute Gasteiger partial charge is 0.300 e. The van der Waals surface area contributed by atoms with Gasteiger partial charge in [0.05, 0.1) is 0 Å². The van der Waals surface area contributed by atoms with E-state index < -0.39 is 0 Å². The van der Waals surface area contributed by atoms with E-state index >= 15 is 0 Å². The standard InChI is InChI=1S/C15H28N2O2/c1-4-14(18)5-7-16-9-11-17(12-10-16)8-6-15(19)13(2)3/h13H,4-12H2,1-3H3. The van der Waals surface area contributed by atoms with Crippen LogP contribution < -0.4 is 0 Å². The summed E-state index contributed by atoms with van der Waals surface area (Å²) in [7, 11) is 0. The number of nitrogens with zero attached hydrogens (tertiary/aromatic N) is 2. The van der Waals surface area contributed by atoms with Crippen molar-refractivity contribution in [3.05, 3.63) is 0 Å². The molecule has 0 unspecified atom stereocenters. The normalized spacial score (nSPS) is 17.9. The van der Waals surface area contributed by atoms with Crippen molar-refractivity contribution in [2.75, 3.05) is 39.3 Å². The highest BCUT2D eigenvalue weighted by Gasteiger charge is 2.18. The number of carbonyl (C=O) groups is 2. The van der Waals surface area contributed by atoms with Gasteiger partial charge in [0.15, 0.2) is 0 Å². The molecule has 110 valence electrons. The van der Waals surface area contributed by atoms with E-state index in [-0.39, 0.29) is 5.92 Å². The van der Waals surface area contributed by atoms with Gasteiger partial charge >= 0.3 is 0 Å². The van der Waals surface area contributed by atoms with Gasteiger partial charge < -0.3 is 9.80 Å². The number of Topliss-reactive ketones (excluding diaryl/α,β-unsaturated/α-hetero) is 2. The fraction of sp³-hybridized carbons (Fsp3) is 0.867. The summed E-state index contributed by atoms with van der Waals surface area (Å²) in [6.07, 6.45) is 2.01. The first-order valence-electron chi connectivity index (χ1n) is 7.52. The summed E-state index contributed by atoms with van der Waals surface area (Å²) in [5.41, 5.74) is 0. The molecule has 0 aromatic heterocycles. The minimum Gasteiger partial charge on any atom is -0.300 e. The molecule has 1 aliphatic heterocycles. The Morgan fingerprint density at radius 2 is 1.42 bits per heavy atom. The van der Waals surface area contributed by atoms with Gasteiger partial charge in [-0.2, -0.15) is 0 Å². The lowest BCUT2D eigenvalue weighted by Gasteiger charge is -2.34. The van der Waals surface area contributed by atoms with Crippen LogP contribution in [0.1, 0.15) is 40.0 Å². The number of hydrogen-bond acceptors (Lipinski definition) is 4. The van der Waals surface area contributed by atoms with Crippen molar-refractivity contribution in [3.8, 4) is 0 Å². The lowest BCUT2D eigenvalue weighted by molar-refractivity contribution is -0.122. The van der Waals surface area contributed by atoms with Crippen LogP contribution in [0, 0.1) is 5.92 Å². The molecule has 1 heterocycles. The van der Waals surface area contributed by atoms with Gasteiger partial charge in [0.2, 0.25) is 0 Å². The van der Waals surface area contributed by atoms with Gasteiger partial charge in [0.1, 0.15) is 11.6 Å². The molecule has 0 aromatic carbocycles. The van der Waals surface area contributed by atoms with E-state index in [9.17, 15) is 9.59 Å². The number of ketones is 2. The van der Waals surface area contributed by atoms with E-state index in [1.807, 2.05) is 20.8 Å². The molecule has 1 rings (SSSR count). The van der Waals surface area contributed by atoms with Gasteiger partial charge in [0.25, 0.3) is 0 Å². The number of piperazine rings is 1. The molecule has 0 atom stereocenters. The zero-order valence-electron chi connectivity index (χ0n) is 12.7. The molecule has 0 radical (unpaired) electrons. The van der Waals surface area contributed by atoms with Gasteiger partial charge in [-0.05, 0) is 0 Å². The monoisotopic (exact) mass is 268 g/mol. The Bertz CT molecular complexity index is 295. The van der Waals surface area contributed by atoms with Crippen molar-refractivity contribution in [2.24, 2.45) is 5.92 Å². The van der Waals surface area contributed by atoms with E-state index in [0.29, 0.717) is 30.8 Å². The van der Waals surface area contributed by atoms with Crippen molar-refractivity contribution in [2.45, 2.75) is 40.0 Å². The summed E-state index contributed by atoms with van der Waals surface area (Å²) in [6, 6.07) is 0. The first-order valence-corrected chi connectivity index (χ1v) is 7.52.